The molecule has 0 fully saturated rings. The molecule has 0 saturated carbocycles. The van der Waals surface area contributed by atoms with Gasteiger partial charge in [0.05, 0.1) is 34.2 Å². The molecule has 0 aliphatic rings. The lowest BCUT2D eigenvalue weighted by atomic mass is 10.1. The minimum atomic E-state index is -0.686. The number of nitrogens with one attached hydrogen (secondary N) is 3. The van der Waals surface area contributed by atoms with E-state index in [9.17, 15) is 18.8 Å². The van der Waals surface area contributed by atoms with Crippen molar-refractivity contribution in [1.29, 1.82) is 0 Å². The zero-order chi connectivity index (χ0) is 30.2. The fourth-order valence-electron chi connectivity index (χ4n) is 3.91. The predicted octanol–water partition coefficient (Wildman–Crippen LogP) is 7.07. The van der Waals surface area contributed by atoms with Crippen LogP contribution in [-0.4, -0.2) is 27.8 Å². The zero-order valence-electron chi connectivity index (χ0n) is 22.4. The molecular formula is C32H23ClFN5O4. The van der Waals surface area contributed by atoms with Gasteiger partial charge in [0.15, 0.2) is 0 Å². The summed E-state index contributed by atoms with van der Waals surface area (Å²) in [4.78, 5) is 46.2. The van der Waals surface area contributed by atoms with Gasteiger partial charge >= 0.3 is 5.97 Å². The van der Waals surface area contributed by atoms with Crippen molar-refractivity contribution in [1.82, 2.24) is 9.97 Å². The van der Waals surface area contributed by atoms with Crippen LogP contribution in [0, 0.1) is 0 Å². The molecule has 0 atom stereocenters. The fourth-order valence-corrected chi connectivity index (χ4v) is 4.11. The maximum absolute atomic E-state index is 13.0. The Morgan fingerprint density at radius 2 is 1.40 bits per heavy atom. The van der Waals surface area contributed by atoms with Crippen molar-refractivity contribution < 1.29 is 23.5 Å². The van der Waals surface area contributed by atoms with Crippen molar-refractivity contribution >= 4 is 52.4 Å². The molecule has 2 amide bonds. The maximum Gasteiger partial charge on any atom is 0.343 e. The number of esters is 1. The number of rotatable bonds is 9. The molecule has 3 N–H and O–H groups in total. The molecule has 0 radical (unpaired) electrons. The molecule has 5 aromatic rings. The summed E-state index contributed by atoms with van der Waals surface area (Å²) < 4.78 is 18.3. The van der Waals surface area contributed by atoms with Crippen LogP contribution in [0.5, 0.6) is 5.75 Å². The smallest absolute Gasteiger partial charge is 0.343 e. The second-order valence-electron chi connectivity index (χ2n) is 9.14. The van der Waals surface area contributed by atoms with E-state index >= 15 is 0 Å². The van der Waals surface area contributed by atoms with Crippen molar-refractivity contribution in [2.45, 2.75) is 6.67 Å². The minimum absolute atomic E-state index is 0.118. The molecule has 9 nitrogen and oxygen atoms in total. The average molecular weight is 596 g/mol. The number of ether oxygens (including phenoxy) is 1. The van der Waals surface area contributed by atoms with E-state index < -0.39 is 24.5 Å². The number of hydrogen-bond donors (Lipinski definition) is 3. The Morgan fingerprint density at radius 1 is 0.721 bits per heavy atom. The van der Waals surface area contributed by atoms with E-state index in [-0.39, 0.29) is 22.1 Å². The standard InChI is InChI=1S/C32H23ClFN5O4/c33-28-14-11-24(37-29(40)22-8-4-5-20(15-22)17-34)16-27(28)30(41)38-25-18-35-32(36-19-25)39-23-9-12-26(13-10-23)43-31(42)21-6-2-1-3-7-21/h1-16,18-19H,17H2,(H,37,40)(H,38,41)(H,35,36,39). The Kier molecular flexibility index (Phi) is 8.99. The highest BCUT2D eigenvalue weighted by molar-refractivity contribution is 6.34. The first-order valence-corrected chi connectivity index (χ1v) is 13.3. The molecule has 1 heterocycles. The third kappa shape index (κ3) is 7.57. The van der Waals surface area contributed by atoms with Crippen molar-refractivity contribution in [2.75, 3.05) is 16.0 Å². The first kappa shape index (κ1) is 28.9. The average Bonchev–Trinajstić information content (AvgIpc) is 3.04. The SMILES string of the molecule is O=C(Nc1ccc(Cl)c(C(=O)Nc2cnc(Nc3ccc(OC(=O)c4ccccc4)cc3)nc2)c1)c1cccc(CF)c1. The van der Waals surface area contributed by atoms with Crippen molar-refractivity contribution in [3.63, 3.8) is 0 Å². The summed E-state index contributed by atoms with van der Waals surface area (Å²) in [5.41, 5.74) is 2.53. The van der Waals surface area contributed by atoms with Crippen LogP contribution in [0.4, 0.5) is 27.4 Å². The highest BCUT2D eigenvalue weighted by atomic mass is 35.5. The molecule has 0 aliphatic heterocycles. The summed E-state index contributed by atoms with van der Waals surface area (Å²) in [6, 6.07) is 26.0. The highest BCUT2D eigenvalue weighted by Crippen LogP contribution is 2.23. The Labute approximate surface area is 250 Å². The Balaban J connectivity index is 1.18. The second-order valence-corrected chi connectivity index (χ2v) is 9.54. The highest BCUT2D eigenvalue weighted by Gasteiger charge is 2.15. The first-order chi connectivity index (χ1) is 20.9. The lowest BCUT2D eigenvalue weighted by Gasteiger charge is -2.11. The number of benzene rings is 4. The molecule has 11 heteroatoms. The summed E-state index contributed by atoms with van der Waals surface area (Å²) in [5.74, 6) is -0.799. The van der Waals surface area contributed by atoms with E-state index in [1.54, 1.807) is 72.8 Å². The Morgan fingerprint density at radius 3 is 2.12 bits per heavy atom. The van der Waals surface area contributed by atoms with E-state index in [0.29, 0.717) is 33.9 Å². The van der Waals surface area contributed by atoms with Gasteiger partial charge in [0.25, 0.3) is 11.8 Å². The van der Waals surface area contributed by atoms with E-state index in [2.05, 4.69) is 25.9 Å². The van der Waals surface area contributed by atoms with Crippen LogP contribution in [0.15, 0.2) is 109 Å². The molecule has 43 heavy (non-hydrogen) atoms. The van der Waals surface area contributed by atoms with E-state index in [1.165, 1.54) is 30.6 Å². The predicted molar refractivity (Wildman–Crippen MR) is 162 cm³/mol. The van der Waals surface area contributed by atoms with Gasteiger partial charge in [-0.1, -0.05) is 41.9 Å². The number of alkyl halides is 1. The van der Waals surface area contributed by atoms with Gasteiger partial charge in [-0.3, -0.25) is 9.59 Å². The molecule has 0 aliphatic carbocycles. The second kappa shape index (κ2) is 13.4. The summed E-state index contributed by atoms with van der Waals surface area (Å²) in [5, 5.41) is 8.57. The van der Waals surface area contributed by atoms with E-state index in [1.807, 2.05) is 6.07 Å². The van der Waals surface area contributed by atoms with Gasteiger partial charge < -0.3 is 20.7 Å². The van der Waals surface area contributed by atoms with Crippen LogP contribution < -0.4 is 20.7 Å². The summed E-state index contributed by atoms with van der Waals surface area (Å²) in [6.45, 7) is -0.686. The fraction of sp³-hybridized carbons (Fsp3) is 0.0312. The normalized spacial score (nSPS) is 10.5. The number of hydrogen-bond acceptors (Lipinski definition) is 7. The molecule has 0 spiro atoms. The Bertz CT molecular complexity index is 1770. The summed E-state index contributed by atoms with van der Waals surface area (Å²) >= 11 is 6.25. The van der Waals surface area contributed by atoms with Gasteiger partial charge in [-0.15, -0.1) is 0 Å². The van der Waals surface area contributed by atoms with Crippen molar-refractivity contribution in [3.8, 4) is 5.75 Å². The number of aromatic nitrogens is 2. The van der Waals surface area contributed by atoms with Gasteiger partial charge in [-0.25, -0.2) is 19.2 Å². The molecule has 1 aromatic heterocycles. The van der Waals surface area contributed by atoms with E-state index in [0.717, 1.165) is 0 Å². The van der Waals surface area contributed by atoms with Crippen LogP contribution in [0.1, 0.15) is 36.6 Å². The minimum Gasteiger partial charge on any atom is -0.423 e. The van der Waals surface area contributed by atoms with Crippen LogP contribution in [0.2, 0.25) is 5.02 Å². The first-order valence-electron chi connectivity index (χ1n) is 12.9. The maximum atomic E-state index is 13.0. The molecule has 0 saturated heterocycles. The third-order valence-corrected chi connectivity index (χ3v) is 6.38. The zero-order valence-corrected chi connectivity index (χ0v) is 23.1. The van der Waals surface area contributed by atoms with Crippen molar-refractivity contribution in [2.24, 2.45) is 0 Å². The summed E-state index contributed by atoms with van der Waals surface area (Å²) in [6.07, 6.45) is 2.83. The van der Waals surface area contributed by atoms with Gasteiger partial charge in [0, 0.05) is 16.9 Å². The number of carbonyl (C=O) groups is 3. The van der Waals surface area contributed by atoms with Gasteiger partial charge in [0.2, 0.25) is 5.95 Å². The monoisotopic (exact) mass is 595 g/mol. The lowest BCUT2D eigenvalue weighted by molar-refractivity contribution is 0.0734. The molecule has 214 valence electrons. The largest absolute Gasteiger partial charge is 0.423 e. The quantitative estimate of drug-likeness (QED) is 0.123. The summed E-state index contributed by atoms with van der Waals surface area (Å²) in [7, 11) is 0. The Hall–Kier alpha value is -5.61. The van der Waals surface area contributed by atoms with Crippen molar-refractivity contribution in [3.05, 3.63) is 137 Å². The van der Waals surface area contributed by atoms with E-state index in [4.69, 9.17) is 16.3 Å². The number of carbonyl (C=O) groups excluding carboxylic acids is 3. The van der Waals surface area contributed by atoms with Gasteiger partial charge in [-0.2, -0.15) is 0 Å². The number of nitrogens with zero attached hydrogens (tertiary/aromatic N) is 2. The lowest BCUT2D eigenvalue weighted by Crippen LogP contribution is -2.15. The van der Waals surface area contributed by atoms with Crippen LogP contribution >= 0.6 is 11.6 Å². The van der Waals surface area contributed by atoms with Crippen LogP contribution in [-0.2, 0) is 6.67 Å². The van der Waals surface area contributed by atoms with Crippen LogP contribution in [0.3, 0.4) is 0 Å². The molecule has 0 unspecified atom stereocenters. The number of halogens is 2. The number of amides is 2. The van der Waals surface area contributed by atoms with Gasteiger partial charge in [-0.05, 0) is 72.3 Å². The van der Waals surface area contributed by atoms with Crippen LogP contribution in [0.25, 0.3) is 0 Å². The number of anilines is 4. The molecule has 0 bridgehead atoms. The molecular weight excluding hydrogens is 573 g/mol. The van der Waals surface area contributed by atoms with Gasteiger partial charge in [0.1, 0.15) is 12.4 Å². The topological polar surface area (TPSA) is 122 Å². The third-order valence-electron chi connectivity index (χ3n) is 6.05. The molecule has 5 rings (SSSR count). The molecule has 4 aromatic carbocycles.